The highest BCUT2D eigenvalue weighted by Crippen LogP contribution is 2.39. The minimum atomic E-state index is -0.633. The summed E-state index contributed by atoms with van der Waals surface area (Å²) in [5, 5.41) is -0.387. The van der Waals surface area contributed by atoms with Crippen molar-refractivity contribution in [1.29, 1.82) is 0 Å². The Morgan fingerprint density at radius 2 is 1.58 bits per heavy atom. The van der Waals surface area contributed by atoms with Crippen LogP contribution < -0.4 is 0 Å². The topological polar surface area (TPSA) is 0 Å². The fraction of sp³-hybridized carbons (Fsp3) is 0.652. The molecule has 2 saturated carbocycles. The molecule has 2 aliphatic carbocycles. The standard InChI is InChI=1S/C23H31ClF2/c1-16-6-8-17(9-7-16)4-2-3-5-18-10-12-19(13-11-18)20-14-21(25)23(24)22(26)15-20/h2,4,14-19H,3,5-13H2,1H3/b4-2+. The molecule has 0 bridgehead atoms. The number of allylic oxidation sites excluding steroid dienone is 2. The maximum absolute atomic E-state index is 13.7. The van der Waals surface area contributed by atoms with E-state index in [4.69, 9.17) is 11.6 Å². The van der Waals surface area contributed by atoms with Crippen molar-refractivity contribution in [3.63, 3.8) is 0 Å². The SMILES string of the molecule is CC1CCC(/C=C/CCC2CCC(c3cc(F)c(Cl)c(F)c3)CC2)CC1. The van der Waals surface area contributed by atoms with Gasteiger partial charge in [-0.1, -0.05) is 43.5 Å². The molecule has 0 N–H and O–H groups in total. The van der Waals surface area contributed by atoms with Crippen molar-refractivity contribution < 1.29 is 8.78 Å². The smallest absolute Gasteiger partial charge is 0.145 e. The quantitative estimate of drug-likeness (QED) is 0.358. The maximum Gasteiger partial charge on any atom is 0.145 e. The average Bonchev–Trinajstić information content (AvgIpc) is 2.65. The number of rotatable bonds is 5. The molecule has 0 saturated heterocycles. The Kier molecular flexibility index (Phi) is 7.14. The molecule has 0 aliphatic heterocycles. The highest BCUT2D eigenvalue weighted by Gasteiger charge is 2.23. The van der Waals surface area contributed by atoms with E-state index in [2.05, 4.69) is 19.1 Å². The highest BCUT2D eigenvalue weighted by atomic mass is 35.5. The Morgan fingerprint density at radius 1 is 0.962 bits per heavy atom. The van der Waals surface area contributed by atoms with Crippen LogP contribution in [-0.4, -0.2) is 0 Å². The van der Waals surface area contributed by atoms with Crippen molar-refractivity contribution in [2.45, 2.75) is 77.0 Å². The average molecular weight is 381 g/mol. The van der Waals surface area contributed by atoms with Crippen molar-refractivity contribution >= 4 is 11.6 Å². The van der Waals surface area contributed by atoms with Crippen LogP contribution in [0.15, 0.2) is 24.3 Å². The van der Waals surface area contributed by atoms with Gasteiger partial charge in [0.05, 0.1) is 0 Å². The molecule has 0 unspecified atom stereocenters. The van der Waals surface area contributed by atoms with E-state index in [1.54, 1.807) is 0 Å². The number of hydrogen-bond donors (Lipinski definition) is 0. The summed E-state index contributed by atoms with van der Waals surface area (Å²) in [5.41, 5.74) is 0.772. The van der Waals surface area contributed by atoms with Gasteiger partial charge in [0.25, 0.3) is 0 Å². The van der Waals surface area contributed by atoms with E-state index in [1.807, 2.05) is 0 Å². The third-order valence-electron chi connectivity index (χ3n) is 6.53. The third kappa shape index (κ3) is 5.31. The molecule has 0 radical (unpaired) electrons. The van der Waals surface area contributed by atoms with Crippen LogP contribution in [-0.2, 0) is 0 Å². The normalized spacial score (nSPS) is 30.0. The third-order valence-corrected chi connectivity index (χ3v) is 6.90. The van der Waals surface area contributed by atoms with E-state index in [-0.39, 0.29) is 10.9 Å². The first-order chi connectivity index (χ1) is 12.5. The zero-order chi connectivity index (χ0) is 18.5. The number of halogens is 3. The molecule has 0 heterocycles. The van der Waals surface area contributed by atoms with E-state index in [0.717, 1.165) is 49.0 Å². The molecule has 0 aromatic heterocycles. The summed E-state index contributed by atoms with van der Waals surface area (Å²) in [6.45, 7) is 2.36. The van der Waals surface area contributed by atoms with E-state index >= 15 is 0 Å². The first-order valence-electron chi connectivity index (χ1n) is 10.3. The van der Waals surface area contributed by atoms with Gasteiger partial charge in [-0.05, 0) is 92.7 Å². The van der Waals surface area contributed by atoms with Crippen LogP contribution in [0.5, 0.6) is 0 Å². The van der Waals surface area contributed by atoms with Crippen molar-refractivity contribution in [2.24, 2.45) is 17.8 Å². The molecule has 2 aliphatic rings. The second-order valence-electron chi connectivity index (χ2n) is 8.54. The van der Waals surface area contributed by atoms with Crippen LogP contribution in [0.2, 0.25) is 5.02 Å². The summed E-state index contributed by atoms with van der Waals surface area (Å²) in [4.78, 5) is 0. The van der Waals surface area contributed by atoms with Gasteiger partial charge in [-0.3, -0.25) is 0 Å². The number of hydrogen-bond acceptors (Lipinski definition) is 0. The minimum absolute atomic E-state index is 0.271. The second-order valence-corrected chi connectivity index (χ2v) is 8.92. The minimum Gasteiger partial charge on any atom is -0.205 e. The lowest BCUT2D eigenvalue weighted by atomic mass is 9.77. The molecule has 1 aromatic rings. The van der Waals surface area contributed by atoms with Gasteiger partial charge < -0.3 is 0 Å². The Bertz CT molecular complexity index is 586. The van der Waals surface area contributed by atoms with Crippen LogP contribution in [0.4, 0.5) is 8.78 Å². The Hall–Kier alpha value is -0.890. The molecule has 0 nitrogen and oxygen atoms in total. The van der Waals surface area contributed by atoms with E-state index in [9.17, 15) is 8.78 Å². The Balaban J connectivity index is 1.40. The predicted molar refractivity (Wildman–Crippen MR) is 106 cm³/mol. The molecule has 3 rings (SSSR count). The van der Waals surface area contributed by atoms with Crippen molar-refractivity contribution in [2.75, 3.05) is 0 Å². The molecule has 0 amide bonds. The summed E-state index contributed by atoms with van der Waals surface area (Å²) in [5.74, 6) is 1.47. The number of benzene rings is 1. The van der Waals surface area contributed by atoms with Crippen molar-refractivity contribution in [3.05, 3.63) is 46.5 Å². The highest BCUT2D eigenvalue weighted by molar-refractivity contribution is 6.30. The van der Waals surface area contributed by atoms with Crippen LogP contribution in [0.25, 0.3) is 0 Å². The van der Waals surface area contributed by atoms with E-state index in [0.29, 0.717) is 0 Å². The lowest BCUT2D eigenvalue weighted by Gasteiger charge is -2.29. The molecule has 0 atom stereocenters. The zero-order valence-electron chi connectivity index (χ0n) is 15.8. The summed E-state index contributed by atoms with van der Waals surface area (Å²) in [6, 6.07) is 2.84. The fourth-order valence-corrected chi connectivity index (χ4v) is 4.80. The summed E-state index contributed by atoms with van der Waals surface area (Å²) < 4.78 is 27.3. The van der Waals surface area contributed by atoms with Crippen molar-refractivity contribution in [1.82, 2.24) is 0 Å². The first-order valence-corrected chi connectivity index (χ1v) is 10.7. The predicted octanol–water partition coefficient (Wildman–Crippen LogP) is 8.05. The lowest BCUT2D eigenvalue weighted by molar-refractivity contribution is 0.310. The van der Waals surface area contributed by atoms with Gasteiger partial charge in [-0.2, -0.15) is 0 Å². The maximum atomic E-state index is 13.7. The molecule has 1 aromatic carbocycles. The van der Waals surface area contributed by atoms with Crippen LogP contribution in [0.1, 0.15) is 82.6 Å². The Labute approximate surface area is 162 Å². The molecule has 0 spiro atoms. The van der Waals surface area contributed by atoms with Gasteiger partial charge in [-0.25, -0.2) is 8.78 Å². The van der Waals surface area contributed by atoms with Crippen LogP contribution >= 0.6 is 11.6 Å². The summed E-state index contributed by atoms with van der Waals surface area (Å²) in [6.07, 6.45) is 17.1. The largest absolute Gasteiger partial charge is 0.205 e. The van der Waals surface area contributed by atoms with Gasteiger partial charge in [0.1, 0.15) is 16.7 Å². The first kappa shape index (κ1) is 19.9. The lowest BCUT2D eigenvalue weighted by Crippen LogP contribution is -2.14. The van der Waals surface area contributed by atoms with Gasteiger partial charge in [0, 0.05) is 0 Å². The van der Waals surface area contributed by atoms with Crippen molar-refractivity contribution in [3.8, 4) is 0 Å². The molecular formula is C23H31ClF2. The molecule has 2 fully saturated rings. The summed E-state index contributed by atoms with van der Waals surface area (Å²) >= 11 is 5.59. The van der Waals surface area contributed by atoms with E-state index < -0.39 is 11.6 Å². The summed E-state index contributed by atoms with van der Waals surface area (Å²) in [7, 11) is 0. The van der Waals surface area contributed by atoms with Crippen LogP contribution in [0, 0.1) is 29.4 Å². The molecule has 26 heavy (non-hydrogen) atoms. The van der Waals surface area contributed by atoms with Gasteiger partial charge in [0.15, 0.2) is 0 Å². The second kappa shape index (κ2) is 9.35. The Morgan fingerprint density at radius 3 is 2.19 bits per heavy atom. The van der Waals surface area contributed by atoms with Crippen LogP contribution in [0.3, 0.4) is 0 Å². The van der Waals surface area contributed by atoms with Gasteiger partial charge >= 0.3 is 0 Å². The molecule has 144 valence electrons. The van der Waals surface area contributed by atoms with E-state index in [1.165, 1.54) is 50.7 Å². The molecule has 3 heteroatoms. The monoisotopic (exact) mass is 380 g/mol. The van der Waals surface area contributed by atoms with Gasteiger partial charge in [-0.15, -0.1) is 0 Å². The fourth-order valence-electron chi connectivity index (χ4n) is 4.69. The molecular weight excluding hydrogens is 350 g/mol. The zero-order valence-corrected chi connectivity index (χ0v) is 16.6. The van der Waals surface area contributed by atoms with Gasteiger partial charge in [0.2, 0.25) is 0 Å².